The zero-order valence-corrected chi connectivity index (χ0v) is 18.3. The number of piperazine rings is 1. The zero-order valence-electron chi connectivity index (χ0n) is 17.5. The number of halogens is 1. The summed E-state index contributed by atoms with van der Waals surface area (Å²) < 4.78 is 5.42. The van der Waals surface area contributed by atoms with Crippen LogP contribution < -0.4 is 5.32 Å². The van der Waals surface area contributed by atoms with Crippen molar-refractivity contribution in [3.8, 4) is 11.4 Å². The Hall–Kier alpha value is -1.96. The Morgan fingerprint density at radius 3 is 2.57 bits per heavy atom. The summed E-state index contributed by atoms with van der Waals surface area (Å²) in [6, 6.07) is 7.75. The van der Waals surface area contributed by atoms with E-state index in [2.05, 4.69) is 32.2 Å². The summed E-state index contributed by atoms with van der Waals surface area (Å²) in [4.78, 5) is 21.5. The van der Waals surface area contributed by atoms with Crippen LogP contribution in [0.3, 0.4) is 0 Å². The highest BCUT2D eigenvalue weighted by molar-refractivity contribution is 6.30. The number of carbonyl (C=O) groups is 1. The van der Waals surface area contributed by atoms with Gasteiger partial charge >= 0.3 is 0 Å². The number of rotatable bonds is 6. The largest absolute Gasteiger partial charge is 0.352 e. The topological polar surface area (TPSA) is 74.5 Å². The summed E-state index contributed by atoms with van der Waals surface area (Å²) in [7, 11) is 0. The fourth-order valence-corrected chi connectivity index (χ4v) is 4.44. The molecule has 0 spiro atoms. The van der Waals surface area contributed by atoms with Gasteiger partial charge in [0.25, 0.3) is 0 Å². The third-order valence-electron chi connectivity index (χ3n) is 6.22. The Kier molecular flexibility index (Phi) is 7.02. The van der Waals surface area contributed by atoms with Gasteiger partial charge in [0.05, 0.1) is 13.1 Å². The molecule has 30 heavy (non-hydrogen) atoms. The summed E-state index contributed by atoms with van der Waals surface area (Å²) in [5.41, 5.74) is 0.887. The minimum Gasteiger partial charge on any atom is -0.352 e. The van der Waals surface area contributed by atoms with Crippen LogP contribution in [0, 0.1) is 5.92 Å². The molecule has 1 N–H and O–H groups in total. The molecular weight excluding hydrogens is 402 g/mol. The standard InChI is InChI=1S/C22H30ClN5O2/c1-16-4-2-3-5-19(16)24-20(29)14-27-10-12-28(13-11-27)15-21-25-22(26-30-21)17-6-8-18(23)9-7-17/h6-9,16,19H,2-5,10-15H2,1H3,(H,24,29). The molecule has 1 saturated carbocycles. The quantitative estimate of drug-likeness (QED) is 0.757. The fraction of sp³-hybridized carbons (Fsp3) is 0.591. The van der Waals surface area contributed by atoms with Crippen molar-refractivity contribution < 1.29 is 9.32 Å². The van der Waals surface area contributed by atoms with Gasteiger partial charge in [0.2, 0.25) is 17.6 Å². The van der Waals surface area contributed by atoms with E-state index in [0.29, 0.717) is 41.8 Å². The Bertz CT molecular complexity index is 832. The minimum absolute atomic E-state index is 0.159. The monoisotopic (exact) mass is 431 g/mol. The van der Waals surface area contributed by atoms with E-state index in [0.717, 1.165) is 38.2 Å². The molecule has 2 heterocycles. The Balaban J connectivity index is 1.21. The SMILES string of the molecule is CC1CCCCC1NC(=O)CN1CCN(Cc2nc(-c3ccc(Cl)cc3)no2)CC1. The molecule has 1 aliphatic heterocycles. The molecule has 1 aromatic heterocycles. The third-order valence-corrected chi connectivity index (χ3v) is 6.47. The van der Waals surface area contributed by atoms with Crippen LogP contribution in [0.15, 0.2) is 28.8 Å². The predicted octanol–water partition coefficient (Wildman–Crippen LogP) is 3.20. The van der Waals surface area contributed by atoms with Crippen molar-refractivity contribution >= 4 is 17.5 Å². The van der Waals surface area contributed by atoms with E-state index in [1.54, 1.807) is 0 Å². The van der Waals surface area contributed by atoms with Crippen molar-refractivity contribution in [2.75, 3.05) is 32.7 Å². The van der Waals surface area contributed by atoms with Crippen molar-refractivity contribution in [2.24, 2.45) is 5.92 Å². The molecule has 1 amide bonds. The van der Waals surface area contributed by atoms with Gasteiger partial charge < -0.3 is 9.84 Å². The normalized spacial score (nSPS) is 23.4. The van der Waals surface area contributed by atoms with E-state index in [1.165, 1.54) is 19.3 Å². The van der Waals surface area contributed by atoms with Gasteiger partial charge in [-0.05, 0) is 43.0 Å². The van der Waals surface area contributed by atoms with Crippen molar-refractivity contribution in [2.45, 2.75) is 45.2 Å². The maximum atomic E-state index is 12.4. The summed E-state index contributed by atoms with van der Waals surface area (Å²) in [6.45, 7) is 6.85. The number of hydrogen-bond acceptors (Lipinski definition) is 6. The number of nitrogens with zero attached hydrogens (tertiary/aromatic N) is 4. The van der Waals surface area contributed by atoms with Crippen molar-refractivity contribution in [1.29, 1.82) is 0 Å². The first-order valence-corrected chi connectivity index (χ1v) is 11.3. The lowest BCUT2D eigenvalue weighted by molar-refractivity contribution is -0.124. The van der Waals surface area contributed by atoms with Crippen molar-refractivity contribution in [3.05, 3.63) is 35.2 Å². The van der Waals surface area contributed by atoms with E-state index < -0.39 is 0 Å². The second kappa shape index (κ2) is 9.90. The van der Waals surface area contributed by atoms with Gasteiger partial charge in [-0.2, -0.15) is 4.98 Å². The maximum Gasteiger partial charge on any atom is 0.241 e. The lowest BCUT2D eigenvalue weighted by Gasteiger charge is -2.34. The minimum atomic E-state index is 0.159. The average molecular weight is 432 g/mol. The highest BCUT2D eigenvalue weighted by atomic mass is 35.5. The third kappa shape index (κ3) is 5.59. The molecule has 2 fully saturated rings. The lowest BCUT2D eigenvalue weighted by atomic mass is 9.86. The van der Waals surface area contributed by atoms with Crippen LogP contribution in [-0.4, -0.2) is 64.6 Å². The van der Waals surface area contributed by atoms with Crippen LogP contribution in [0.25, 0.3) is 11.4 Å². The van der Waals surface area contributed by atoms with Gasteiger partial charge in [0.1, 0.15) is 0 Å². The van der Waals surface area contributed by atoms with E-state index >= 15 is 0 Å². The van der Waals surface area contributed by atoms with Gasteiger partial charge in [0, 0.05) is 42.8 Å². The fourth-order valence-electron chi connectivity index (χ4n) is 4.32. The molecule has 2 aliphatic rings. The Labute approximate surface area is 182 Å². The molecule has 1 aromatic carbocycles. The van der Waals surface area contributed by atoms with Crippen LogP contribution >= 0.6 is 11.6 Å². The first-order chi connectivity index (χ1) is 14.6. The molecule has 0 bridgehead atoms. The van der Waals surface area contributed by atoms with Crippen LogP contribution in [0.5, 0.6) is 0 Å². The Morgan fingerprint density at radius 2 is 1.83 bits per heavy atom. The number of aromatic nitrogens is 2. The average Bonchev–Trinajstić information content (AvgIpc) is 3.20. The smallest absolute Gasteiger partial charge is 0.241 e. The number of amides is 1. The molecule has 1 aliphatic carbocycles. The molecule has 8 heteroatoms. The Morgan fingerprint density at radius 1 is 1.13 bits per heavy atom. The van der Waals surface area contributed by atoms with Gasteiger partial charge in [-0.1, -0.05) is 36.5 Å². The zero-order chi connectivity index (χ0) is 20.9. The molecule has 4 rings (SSSR count). The van der Waals surface area contributed by atoms with Crippen LogP contribution in [0.2, 0.25) is 5.02 Å². The van der Waals surface area contributed by atoms with Gasteiger partial charge in [0.15, 0.2) is 0 Å². The van der Waals surface area contributed by atoms with Gasteiger partial charge in [-0.15, -0.1) is 0 Å². The molecule has 2 aromatic rings. The van der Waals surface area contributed by atoms with Crippen LogP contribution in [0.1, 0.15) is 38.5 Å². The summed E-state index contributed by atoms with van der Waals surface area (Å²) in [5.74, 6) is 1.93. The second-order valence-electron chi connectivity index (χ2n) is 8.51. The number of nitrogens with one attached hydrogen (secondary N) is 1. The highest BCUT2D eigenvalue weighted by Gasteiger charge is 2.25. The number of hydrogen-bond donors (Lipinski definition) is 1. The van der Waals surface area contributed by atoms with Crippen molar-refractivity contribution in [3.63, 3.8) is 0 Å². The molecule has 2 atom stereocenters. The first kappa shape index (κ1) is 21.3. The summed E-state index contributed by atoms with van der Waals surface area (Å²) >= 11 is 5.93. The maximum absolute atomic E-state index is 12.4. The number of benzene rings is 1. The predicted molar refractivity (Wildman–Crippen MR) is 116 cm³/mol. The highest BCUT2D eigenvalue weighted by Crippen LogP contribution is 2.23. The van der Waals surface area contributed by atoms with Gasteiger partial charge in [-0.25, -0.2) is 0 Å². The molecule has 2 unspecified atom stereocenters. The van der Waals surface area contributed by atoms with Crippen LogP contribution in [0.4, 0.5) is 0 Å². The van der Waals surface area contributed by atoms with E-state index in [1.807, 2.05) is 24.3 Å². The first-order valence-electron chi connectivity index (χ1n) is 10.9. The number of carbonyl (C=O) groups excluding carboxylic acids is 1. The lowest BCUT2D eigenvalue weighted by Crippen LogP contribution is -2.51. The molecule has 7 nitrogen and oxygen atoms in total. The molecule has 0 radical (unpaired) electrons. The molecule has 162 valence electrons. The summed E-state index contributed by atoms with van der Waals surface area (Å²) in [6.07, 6.45) is 4.85. The molecular formula is C22H30ClN5O2. The second-order valence-corrected chi connectivity index (χ2v) is 8.94. The summed E-state index contributed by atoms with van der Waals surface area (Å²) in [5, 5.41) is 8.01. The van der Waals surface area contributed by atoms with Crippen LogP contribution in [-0.2, 0) is 11.3 Å². The van der Waals surface area contributed by atoms with E-state index in [-0.39, 0.29) is 5.91 Å². The molecule has 1 saturated heterocycles. The van der Waals surface area contributed by atoms with E-state index in [9.17, 15) is 4.79 Å². The van der Waals surface area contributed by atoms with E-state index in [4.69, 9.17) is 16.1 Å². The van der Waals surface area contributed by atoms with Gasteiger partial charge in [-0.3, -0.25) is 14.6 Å². The van der Waals surface area contributed by atoms with Crippen molar-refractivity contribution in [1.82, 2.24) is 25.3 Å².